The quantitative estimate of drug-likeness (QED) is 0.788. The van der Waals surface area contributed by atoms with Gasteiger partial charge in [0, 0.05) is 31.9 Å². The largest absolute Gasteiger partial charge is 0.478 e. The molecule has 0 radical (unpaired) electrons. The molecule has 7 nitrogen and oxygen atoms in total. The van der Waals surface area contributed by atoms with E-state index < -0.39 is 16.0 Å². The third kappa shape index (κ3) is 4.35. The number of sulfonamides is 1. The lowest BCUT2D eigenvalue weighted by molar-refractivity contribution is 0.0697. The summed E-state index contributed by atoms with van der Waals surface area (Å²) in [6.07, 6.45) is 0. The Morgan fingerprint density at radius 3 is 2.41 bits per heavy atom. The number of likely N-dealkylation sites (N-methyl/N-ethyl adjacent to an activating group) is 1. The van der Waals surface area contributed by atoms with Gasteiger partial charge in [-0.1, -0.05) is 23.7 Å². The molecule has 0 bridgehead atoms. The van der Waals surface area contributed by atoms with Crippen LogP contribution in [0, 0.1) is 0 Å². The number of hydrogen-bond acceptors (Lipinski definition) is 5. The number of piperazine rings is 1. The first-order chi connectivity index (χ1) is 12.8. The van der Waals surface area contributed by atoms with Crippen molar-refractivity contribution in [2.24, 2.45) is 0 Å². The number of benzene rings is 2. The second-order valence-electron chi connectivity index (χ2n) is 6.36. The van der Waals surface area contributed by atoms with Gasteiger partial charge in [0.05, 0.1) is 16.3 Å². The summed E-state index contributed by atoms with van der Waals surface area (Å²) in [7, 11) is -1.91. The Morgan fingerprint density at radius 1 is 1.11 bits per heavy atom. The van der Waals surface area contributed by atoms with Crippen molar-refractivity contribution in [3.63, 3.8) is 0 Å². The number of carbonyl (C=O) groups is 1. The predicted octanol–water partition coefficient (Wildman–Crippen LogP) is 2.59. The van der Waals surface area contributed by atoms with E-state index in [2.05, 4.69) is 9.62 Å². The van der Waals surface area contributed by atoms with Crippen LogP contribution in [0.4, 0.5) is 11.4 Å². The Balaban J connectivity index is 1.90. The molecule has 0 unspecified atom stereocenters. The van der Waals surface area contributed by atoms with Crippen LogP contribution in [-0.2, 0) is 10.0 Å². The van der Waals surface area contributed by atoms with Crippen LogP contribution < -0.4 is 9.62 Å². The van der Waals surface area contributed by atoms with Crippen LogP contribution >= 0.6 is 11.6 Å². The van der Waals surface area contributed by atoms with E-state index in [0.717, 1.165) is 13.1 Å². The molecule has 0 amide bonds. The van der Waals surface area contributed by atoms with Gasteiger partial charge >= 0.3 is 5.97 Å². The molecule has 0 aliphatic carbocycles. The number of aromatic carboxylic acids is 1. The lowest BCUT2D eigenvalue weighted by Gasteiger charge is -2.34. The van der Waals surface area contributed by atoms with E-state index in [4.69, 9.17) is 11.6 Å². The van der Waals surface area contributed by atoms with Crippen molar-refractivity contribution in [1.29, 1.82) is 0 Å². The molecule has 0 spiro atoms. The van der Waals surface area contributed by atoms with Crippen molar-refractivity contribution in [3.8, 4) is 0 Å². The van der Waals surface area contributed by atoms with Gasteiger partial charge in [-0.2, -0.15) is 0 Å². The first-order valence-corrected chi connectivity index (χ1v) is 10.2. The summed E-state index contributed by atoms with van der Waals surface area (Å²) in [5.41, 5.74) is 0.806. The lowest BCUT2D eigenvalue weighted by Crippen LogP contribution is -2.45. The minimum Gasteiger partial charge on any atom is -0.478 e. The van der Waals surface area contributed by atoms with Crippen LogP contribution in [0.2, 0.25) is 5.02 Å². The van der Waals surface area contributed by atoms with Gasteiger partial charge in [0.2, 0.25) is 0 Å². The molecule has 2 N–H and O–H groups in total. The third-order valence-electron chi connectivity index (χ3n) is 4.45. The lowest BCUT2D eigenvalue weighted by atomic mass is 10.1. The van der Waals surface area contributed by atoms with Gasteiger partial charge in [0.25, 0.3) is 10.0 Å². The van der Waals surface area contributed by atoms with E-state index in [1.54, 1.807) is 24.3 Å². The Bertz CT molecular complexity index is 957. The molecule has 144 valence electrons. The van der Waals surface area contributed by atoms with Crippen LogP contribution in [0.5, 0.6) is 0 Å². The Morgan fingerprint density at radius 2 is 1.78 bits per heavy atom. The van der Waals surface area contributed by atoms with Gasteiger partial charge in [-0.25, -0.2) is 13.2 Å². The number of anilines is 2. The van der Waals surface area contributed by atoms with Gasteiger partial charge in [-0.3, -0.25) is 4.72 Å². The minimum atomic E-state index is -3.93. The average Bonchev–Trinajstić information content (AvgIpc) is 2.62. The average molecular weight is 410 g/mol. The van der Waals surface area contributed by atoms with Crippen LogP contribution in [0.15, 0.2) is 47.4 Å². The van der Waals surface area contributed by atoms with Crippen molar-refractivity contribution in [2.75, 3.05) is 42.8 Å². The van der Waals surface area contributed by atoms with Crippen molar-refractivity contribution < 1.29 is 18.3 Å². The monoisotopic (exact) mass is 409 g/mol. The van der Waals surface area contributed by atoms with Gasteiger partial charge in [0.15, 0.2) is 0 Å². The van der Waals surface area contributed by atoms with Crippen LogP contribution in [0.3, 0.4) is 0 Å². The molecule has 1 aliphatic heterocycles. The van der Waals surface area contributed by atoms with E-state index in [0.29, 0.717) is 18.8 Å². The number of hydrogen-bond donors (Lipinski definition) is 2. The van der Waals surface area contributed by atoms with Crippen molar-refractivity contribution in [1.82, 2.24) is 4.90 Å². The summed E-state index contributed by atoms with van der Waals surface area (Å²) < 4.78 is 27.5. The summed E-state index contributed by atoms with van der Waals surface area (Å²) in [5.74, 6) is -1.11. The fourth-order valence-electron chi connectivity index (χ4n) is 2.97. The summed E-state index contributed by atoms with van der Waals surface area (Å²) >= 11 is 5.97. The molecule has 0 atom stereocenters. The van der Waals surface area contributed by atoms with Crippen LogP contribution in [-0.4, -0.2) is 57.6 Å². The van der Waals surface area contributed by atoms with E-state index >= 15 is 0 Å². The first kappa shape index (κ1) is 19.5. The molecular weight excluding hydrogens is 390 g/mol. The molecule has 0 saturated carbocycles. The molecule has 27 heavy (non-hydrogen) atoms. The zero-order valence-corrected chi connectivity index (χ0v) is 16.3. The maximum atomic E-state index is 12.6. The molecule has 1 heterocycles. The highest BCUT2D eigenvalue weighted by atomic mass is 35.5. The maximum Gasteiger partial charge on any atom is 0.337 e. The number of carboxylic acids is 1. The van der Waals surface area contributed by atoms with E-state index in [9.17, 15) is 18.3 Å². The van der Waals surface area contributed by atoms with Crippen molar-refractivity contribution in [3.05, 3.63) is 53.1 Å². The fourth-order valence-corrected chi connectivity index (χ4v) is 4.54. The highest BCUT2D eigenvalue weighted by molar-refractivity contribution is 7.92. The molecule has 1 aliphatic rings. The molecule has 1 fully saturated rings. The predicted molar refractivity (Wildman–Crippen MR) is 105 cm³/mol. The number of rotatable bonds is 5. The standard InChI is InChI=1S/C18H20ClN3O4S/c1-21-8-10-22(11-9-21)16-7-6-13(12-14(16)18(23)24)20-27(25,26)17-5-3-2-4-15(17)19/h2-7,12,20H,8-11H2,1H3,(H,23,24). The number of carboxylic acid groups (broad SMARTS) is 1. The zero-order valence-electron chi connectivity index (χ0n) is 14.7. The van der Waals surface area contributed by atoms with Crippen molar-refractivity contribution >= 4 is 39.0 Å². The molecular formula is C18H20ClN3O4S. The summed E-state index contributed by atoms with van der Waals surface area (Å²) in [6.45, 7) is 3.09. The topological polar surface area (TPSA) is 90.0 Å². The summed E-state index contributed by atoms with van der Waals surface area (Å²) in [4.78, 5) is 15.8. The van der Waals surface area contributed by atoms with Crippen LogP contribution in [0.25, 0.3) is 0 Å². The Kier molecular flexibility index (Phi) is 5.59. The normalized spacial score (nSPS) is 15.6. The first-order valence-electron chi connectivity index (χ1n) is 8.36. The fraction of sp³-hybridized carbons (Fsp3) is 0.278. The Labute approximate surface area is 163 Å². The molecule has 3 rings (SSSR count). The van der Waals surface area contributed by atoms with Gasteiger partial charge in [-0.05, 0) is 37.4 Å². The van der Waals surface area contributed by atoms with Gasteiger partial charge < -0.3 is 14.9 Å². The molecule has 0 aromatic heterocycles. The van der Waals surface area contributed by atoms with E-state index in [-0.39, 0.29) is 21.2 Å². The van der Waals surface area contributed by atoms with Gasteiger partial charge in [0.1, 0.15) is 4.90 Å². The van der Waals surface area contributed by atoms with Crippen molar-refractivity contribution in [2.45, 2.75) is 4.90 Å². The third-order valence-corrected chi connectivity index (χ3v) is 6.33. The SMILES string of the molecule is CN1CCN(c2ccc(NS(=O)(=O)c3ccccc3Cl)cc2C(=O)O)CC1. The molecule has 2 aromatic carbocycles. The smallest absolute Gasteiger partial charge is 0.337 e. The minimum absolute atomic E-state index is 0.0545. The number of nitrogens with zero attached hydrogens (tertiary/aromatic N) is 2. The maximum absolute atomic E-state index is 12.6. The Hall–Kier alpha value is -2.29. The van der Waals surface area contributed by atoms with Crippen LogP contribution in [0.1, 0.15) is 10.4 Å². The number of nitrogens with one attached hydrogen (secondary N) is 1. The molecule has 9 heteroatoms. The molecule has 1 saturated heterocycles. The number of halogens is 1. The van der Waals surface area contributed by atoms with Gasteiger partial charge in [-0.15, -0.1) is 0 Å². The van der Waals surface area contributed by atoms with E-state index in [1.807, 2.05) is 11.9 Å². The highest BCUT2D eigenvalue weighted by Gasteiger charge is 2.22. The second-order valence-corrected chi connectivity index (χ2v) is 8.42. The highest BCUT2D eigenvalue weighted by Crippen LogP contribution is 2.28. The summed E-state index contributed by atoms with van der Waals surface area (Å²) in [5, 5.41) is 9.69. The van der Waals surface area contributed by atoms with E-state index in [1.165, 1.54) is 18.2 Å². The second kappa shape index (κ2) is 7.75. The summed E-state index contributed by atoms with van der Waals surface area (Å²) in [6, 6.07) is 10.6. The molecule has 2 aromatic rings. The zero-order chi connectivity index (χ0) is 19.6.